The number of fused-ring (bicyclic) bond motifs is 1. The molecule has 0 aliphatic rings. The van der Waals surface area contributed by atoms with Crippen LogP contribution in [0.3, 0.4) is 0 Å². The van der Waals surface area contributed by atoms with E-state index in [0.29, 0.717) is 19.0 Å². The summed E-state index contributed by atoms with van der Waals surface area (Å²) in [5.74, 6) is 1.45. The van der Waals surface area contributed by atoms with E-state index in [9.17, 15) is 0 Å². The topological polar surface area (TPSA) is 61.0 Å². The first-order chi connectivity index (χ1) is 9.88. The molecule has 3 rings (SSSR count). The molecule has 1 aromatic heterocycles. The Labute approximate surface area is 117 Å². The molecule has 0 bridgehead atoms. The highest BCUT2D eigenvalue weighted by molar-refractivity contribution is 5.87. The van der Waals surface area contributed by atoms with Crippen LogP contribution in [0.1, 0.15) is 11.4 Å². The van der Waals surface area contributed by atoms with Gasteiger partial charge in [0.25, 0.3) is 0 Å². The van der Waals surface area contributed by atoms with Crippen molar-refractivity contribution >= 4 is 10.8 Å². The van der Waals surface area contributed by atoms with Gasteiger partial charge >= 0.3 is 0 Å². The number of nitrogens with two attached hydrogens (primary N) is 1. The number of hydrogen-bond acceptors (Lipinski definition) is 4. The van der Waals surface area contributed by atoms with Crippen LogP contribution in [-0.4, -0.2) is 9.97 Å². The normalized spacial score (nSPS) is 10.7. The monoisotopic (exact) mass is 265 g/mol. The predicted molar refractivity (Wildman–Crippen MR) is 78.2 cm³/mol. The third-order valence-electron chi connectivity index (χ3n) is 3.18. The molecule has 4 nitrogen and oxygen atoms in total. The van der Waals surface area contributed by atoms with Crippen molar-refractivity contribution in [2.24, 2.45) is 5.73 Å². The van der Waals surface area contributed by atoms with E-state index in [-0.39, 0.29) is 0 Å². The van der Waals surface area contributed by atoms with Crippen LogP contribution in [0.25, 0.3) is 10.8 Å². The maximum atomic E-state index is 5.87. The van der Waals surface area contributed by atoms with Gasteiger partial charge < -0.3 is 10.5 Å². The van der Waals surface area contributed by atoms with E-state index >= 15 is 0 Å². The molecule has 0 saturated carbocycles. The summed E-state index contributed by atoms with van der Waals surface area (Å²) in [5.41, 5.74) is 6.89. The van der Waals surface area contributed by atoms with E-state index in [4.69, 9.17) is 10.5 Å². The summed E-state index contributed by atoms with van der Waals surface area (Å²) >= 11 is 0. The van der Waals surface area contributed by atoms with Crippen molar-refractivity contribution in [2.75, 3.05) is 0 Å². The van der Waals surface area contributed by atoms with E-state index in [0.717, 1.165) is 22.1 Å². The van der Waals surface area contributed by atoms with Gasteiger partial charge in [0.2, 0.25) is 0 Å². The van der Waals surface area contributed by atoms with E-state index in [1.54, 1.807) is 18.5 Å². The lowest BCUT2D eigenvalue weighted by atomic mass is 10.0. The number of ether oxygens (including phenoxy) is 1. The zero-order valence-electron chi connectivity index (χ0n) is 11.0. The SMILES string of the molecule is NCc1c(OCc2ncccn2)ccc2ccccc12. The van der Waals surface area contributed by atoms with Gasteiger partial charge in [-0.3, -0.25) is 0 Å². The minimum atomic E-state index is 0.339. The molecule has 0 aliphatic heterocycles. The van der Waals surface area contributed by atoms with Gasteiger partial charge in [-0.2, -0.15) is 0 Å². The van der Waals surface area contributed by atoms with Crippen molar-refractivity contribution in [3.05, 3.63) is 66.2 Å². The molecule has 0 aliphatic carbocycles. The Kier molecular flexibility index (Phi) is 3.56. The fraction of sp³-hybridized carbons (Fsp3) is 0.125. The average molecular weight is 265 g/mol. The number of aromatic nitrogens is 2. The maximum Gasteiger partial charge on any atom is 0.166 e. The van der Waals surface area contributed by atoms with Crippen LogP contribution in [0.2, 0.25) is 0 Å². The van der Waals surface area contributed by atoms with Crippen LogP contribution >= 0.6 is 0 Å². The molecule has 0 radical (unpaired) electrons. The van der Waals surface area contributed by atoms with Gasteiger partial charge in [0.1, 0.15) is 12.4 Å². The third kappa shape index (κ3) is 2.46. The number of rotatable bonds is 4. The van der Waals surface area contributed by atoms with Crippen molar-refractivity contribution in [3.8, 4) is 5.75 Å². The van der Waals surface area contributed by atoms with Crippen molar-refractivity contribution in [3.63, 3.8) is 0 Å². The molecule has 4 heteroatoms. The second-order valence-corrected chi connectivity index (χ2v) is 4.42. The van der Waals surface area contributed by atoms with Gasteiger partial charge in [0.15, 0.2) is 5.82 Å². The Balaban J connectivity index is 1.91. The molecular weight excluding hydrogens is 250 g/mol. The second kappa shape index (κ2) is 5.67. The summed E-state index contributed by atoms with van der Waals surface area (Å²) in [5, 5.41) is 2.29. The van der Waals surface area contributed by atoms with Crippen LogP contribution < -0.4 is 10.5 Å². The van der Waals surface area contributed by atoms with Crippen LogP contribution in [0.4, 0.5) is 0 Å². The lowest BCUT2D eigenvalue weighted by Crippen LogP contribution is -2.05. The zero-order valence-corrected chi connectivity index (χ0v) is 11.0. The van der Waals surface area contributed by atoms with Crippen molar-refractivity contribution in [1.29, 1.82) is 0 Å². The third-order valence-corrected chi connectivity index (χ3v) is 3.18. The predicted octanol–water partition coefficient (Wildman–Crippen LogP) is 2.67. The summed E-state index contributed by atoms with van der Waals surface area (Å²) < 4.78 is 5.82. The molecule has 0 spiro atoms. The lowest BCUT2D eigenvalue weighted by Gasteiger charge is -2.12. The Morgan fingerprint density at radius 3 is 2.55 bits per heavy atom. The summed E-state index contributed by atoms with van der Waals surface area (Å²) in [4.78, 5) is 8.29. The molecule has 100 valence electrons. The van der Waals surface area contributed by atoms with Gasteiger partial charge in [-0.25, -0.2) is 9.97 Å². The molecule has 0 saturated heterocycles. The smallest absolute Gasteiger partial charge is 0.166 e. The van der Waals surface area contributed by atoms with Crippen molar-refractivity contribution in [1.82, 2.24) is 9.97 Å². The van der Waals surface area contributed by atoms with Gasteiger partial charge in [-0.15, -0.1) is 0 Å². The van der Waals surface area contributed by atoms with Crippen LogP contribution in [-0.2, 0) is 13.2 Å². The highest BCUT2D eigenvalue weighted by Crippen LogP contribution is 2.28. The quantitative estimate of drug-likeness (QED) is 0.787. The van der Waals surface area contributed by atoms with Gasteiger partial charge in [0.05, 0.1) is 0 Å². The summed E-state index contributed by atoms with van der Waals surface area (Å²) in [6.07, 6.45) is 3.41. The second-order valence-electron chi connectivity index (χ2n) is 4.42. The zero-order chi connectivity index (χ0) is 13.8. The standard InChI is InChI=1S/C16H15N3O/c17-10-14-13-5-2-1-4-12(13)6-7-15(14)20-11-16-18-8-3-9-19-16/h1-9H,10-11,17H2. The molecule has 2 aromatic carbocycles. The van der Waals surface area contributed by atoms with Crippen LogP contribution in [0.5, 0.6) is 5.75 Å². The molecule has 0 amide bonds. The van der Waals surface area contributed by atoms with E-state index in [2.05, 4.69) is 22.1 Å². The van der Waals surface area contributed by atoms with Crippen LogP contribution in [0.15, 0.2) is 54.9 Å². The molecule has 2 N–H and O–H groups in total. The van der Waals surface area contributed by atoms with Crippen LogP contribution in [0, 0.1) is 0 Å². The van der Waals surface area contributed by atoms with Crippen molar-refractivity contribution in [2.45, 2.75) is 13.2 Å². The molecule has 3 aromatic rings. The Hall–Kier alpha value is -2.46. The lowest BCUT2D eigenvalue weighted by molar-refractivity contribution is 0.293. The summed E-state index contributed by atoms with van der Waals surface area (Å²) in [7, 11) is 0. The van der Waals surface area contributed by atoms with Gasteiger partial charge in [0, 0.05) is 24.5 Å². The Morgan fingerprint density at radius 1 is 0.950 bits per heavy atom. The fourth-order valence-electron chi connectivity index (χ4n) is 2.21. The Bertz CT molecular complexity index is 713. The molecule has 0 atom stereocenters. The minimum absolute atomic E-state index is 0.339. The van der Waals surface area contributed by atoms with E-state index in [1.165, 1.54) is 0 Å². The van der Waals surface area contributed by atoms with Gasteiger partial charge in [-0.1, -0.05) is 30.3 Å². The number of nitrogens with zero attached hydrogens (tertiary/aromatic N) is 2. The van der Waals surface area contributed by atoms with E-state index in [1.807, 2.05) is 24.3 Å². The highest BCUT2D eigenvalue weighted by atomic mass is 16.5. The van der Waals surface area contributed by atoms with E-state index < -0.39 is 0 Å². The first kappa shape index (κ1) is 12.6. The fourth-order valence-corrected chi connectivity index (χ4v) is 2.21. The first-order valence-corrected chi connectivity index (χ1v) is 6.48. The molecular formula is C16H15N3O. The molecule has 20 heavy (non-hydrogen) atoms. The number of hydrogen-bond donors (Lipinski definition) is 1. The Morgan fingerprint density at radius 2 is 1.75 bits per heavy atom. The molecule has 0 fully saturated rings. The molecule has 0 unspecified atom stereocenters. The average Bonchev–Trinajstić information content (AvgIpc) is 2.53. The first-order valence-electron chi connectivity index (χ1n) is 6.48. The van der Waals surface area contributed by atoms with Crippen molar-refractivity contribution < 1.29 is 4.74 Å². The highest BCUT2D eigenvalue weighted by Gasteiger charge is 2.08. The maximum absolute atomic E-state index is 5.87. The van der Waals surface area contributed by atoms with Gasteiger partial charge in [-0.05, 0) is 22.9 Å². The largest absolute Gasteiger partial charge is 0.485 e. The summed E-state index contributed by atoms with van der Waals surface area (Å²) in [6, 6.07) is 13.9. The molecule has 1 heterocycles. The summed E-state index contributed by atoms with van der Waals surface area (Å²) in [6.45, 7) is 0.776. The minimum Gasteiger partial charge on any atom is -0.485 e. The number of benzene rings is 2.